The van der Waals surface area contributed by atoms with Gasteiger partial charge >= 0.3 is 0 Å². The molecule has 0 aliphatic carbocycles. The minimum absolute atomic E-state index is 0.00188. The molecule has 0 N–H and O–H groups in total. The van der Waals surface area contributed by atoms with Gasteiger partial charge in [-0.25, -0.2) is 4.98 Å². The highest BCUT2D eigenvalue weighted by atomic mass is 35.5. The second-order valence-corrected chi connectivity index (χ2v) is 4.97. The van der Waals surface area contributed by atoms with Gasteiger partial charge in [0.15, 0.2) is 0 Å². The van der Waals surface area contributed by atoms with Crippen LogP contribution in [-0.4, -0.2) is 28.9 Å². The summed E-state index contributed by atoms with van der Waals surface area (Å²) in [5, 5.41) is 0.562. The fraction of sp³-hybridized carbons (Fsp3) is 0.500. The second-order valence-electron chi connectivity index (χ2n) is 4.20. The van der Waals surface area contributed by atoms with E-state index in [2.05, 4.69) is 4.98 Å². The van der Waals surface area contributed by atoms with Crippen molar-refractivity contribution in [2.24, 2.45) is 0 Å². The average molecular weight is 273 g/mol. The molecule has 0 aromatic carbocycles. The number of aromatic nitrogens is 1. The van der Waals surface area contributed by atoms with Gasteiger partial charge in [0, 0.05) is 19.3 Å². The van der Waals surface area contributed by atoms with E-state index < -0.39 is 0 Å². The quantitative estimate of drug-likeness (QED) is 0.735. The Kier molecular flexibility index (Phi) is 4.24. The van der Waals surface area contributed by atoms with E-state index in [9.17, 15) is 4.79 Å². The van der Waals surface area contributed by atoms with E-state index in [1.54, 1.807) is 6.07 Å². The van der Waals surface area contributed by atoms with E-state index in [0.717, 1.165) is 25.9 Å². The summed E-state index contributed by atoms with van der Waals surface area (Å²) in [5.74, 6) is -0.00188. The van der Waals surface area contributed by atoms with Gasteiger partial charge in [0.05, 0.1) is 10.6 Å². The summed E-state index contributed by atoms with van der Waals surface area (Å²) >= 11 is 11.6. The van der Waals surface area contributed by atoms with Crippen LogP contribution in [0.25, 0.3) is 0 Å². The van der Waals surface area contributed by atoms with Gasteiger partial charge in [-0.3, -0.25) is 4.79 Å². The van der Waals surface area contributed by atoms with Crippen LogP contribution in [0.2, 0.25) is 10.2 Å². The Hall–Kier alpha value is -0.800. The molecule has 1 fully saturated rings. The maximum atomic E-state index is 12.2. The molecule has 17 heavy (non-hydrogen) atoms. The molecule has 1 saturated heterocycles. The summed E-state index contributed by atoms with van der Waals surface area (Å²) in [4.78, 5) is 18.0. The average Bonchev–Trinajstić information content (AvgIpc) is 2.60. The molecule has 0 bridgehead atoms. The Morgan fingerprint density at radius 1 is 1.18 bits per heavy atom. The van der Waals surface area contributed by atoms with Gasteiger partial charge in [-0.2, -0.15) is 0 Å². The van der Waals surface area contributed by atoms with Crippen molar-refractivity contribution in [2.45, 2.75) is 25.7 Å². The van der Waals surface area contributed by atoms with Crippen LogP contribution in [0.1, 0.15) is 36.0 Å². The van der Waals surface area contributed by atoms with E-state index in [0.29, 0.717) is 10.6 Å². The monoisotopic (exact) mass is 272 g/mol. The van der Waals surface area contributed by atoms with Crippen LogP contribution in [-0.2, 0) is 0 Å². The summed E-state index contributed by atoms with van der Waals surface area (Å²) < 4.78 is 0. The summed E-state index contributed by atoms with van der Waals surface area (Å²) in [6.07, 6.45) is 6.02. The van der Waals surface area contributed by atoms with Crippen LogP contribution in [0.5, 0.6) is 0 Å². The molecule has 1 amide bonds. The molecule has 0 atom stereocenters. The summed E-state index contributed by atoms with van der Waals surface area (Å²) in [6.45, 7) is 1.64. The second kappa shape index (κ2) is 5.69. The van der Waals surface area contributed by atoms with Gasteiger partial charge < -0.3 is 4.90 Å². The topological polar surface area (TPSA) is 33.2 Å². The highest BCUT2D eigenvalue weighted by molar-refractivity contribution is 6.41. The van der Waals surface area contributed by atoms with E-state index in [1.165, 1.54) is 19.0 Å². The Labute approximate surface area is 111 Å². The first-order valence-corrected chi connectivity index (χ1v) is 6.54. The van der Waals surface area contributed by atoms with E-state index in [1.807, 2.05) is 4.90 Å². The number of halogens is 2. The molecule has 1 aromatic heterocycles. The standard InChI is InChI=1S/C12H14Cl2N2O/c13-10-7-9(8-15-11(10)14)12(17)16-5-3-1-2-4-6-16/h7-8H,1-6H2. The van der Waals surface area contributed by atoms with Crippen LogP contribution >= 0.6 is 23.2 Å². The van der Waals surface area contributed by atoms with Crippen molar-refractivity contribution < 1.29 is 4.79 Å². The number of nitrogens with zero attached hydrogens (tertiary/aromatic N) is 2. The fourth-order valence-electron chi connectivity index (χ4n) is 1.99. The summed E-state index contributed by atoms with van der Waals surface area (Å²) in [5.41, 5.74) is 0.515. The first kappa shape index (κ1) is 12.7. The lowest BCUT2D eigenvalue weighted by Gasteiger charge is -2.20. The van der Waals surface area contributed by atoms with Gasteiger partial charge in [0.1, 0.15) is 5.15 Å². The third-order valence-corrected chi connectivity index (χ3v) is 3.62. The van der Waals surface area contributed by atoms with Crippen molar-refractivity contribution in [1.82, 2.24) is 9.88 Å². The number of hydrogen-bond donors (Lipinski definition) is 0. The van der Waals surface area contributed by atoms with Crippen LogP contribution in [0.4, 0.5) is 0 Å². The minimum atomic E-state index is -0.00188. The van der Waals surface area contributed by atoms with Gasteiger partial charge in [-0.05, 0) is 18.9 Å². The predicted molar refractivity (Wildman–Crippen MR) is 68.6 cm³/mol. The number of carbonyl (C=O) groups excluding carboxylic acids is 1. The molecule has 2 heterocycles. The summed E-state index contributed by atoms with van der Waals surface area (Å²) in [7, 11) is 0. The number of rotatable bonds is 1. The van der Waals surface area contributed by atoms with E-state index >= 15 is 0 Å². The normalized spacial score (nSPS) is 16.7. The van der Waals surface area contributed by atoms with Crippen molar-refractivity contribution in [3.05, 3.63) is 28.0 Å². The highest BCUT2D eigenvalue weighted by Crippen LogP contribution is 2.21. The molecule has 0 spiro atoms. The van der Waals surface area contributed by atoms with Crippen molar-refractivity contribution in [3.63, 3.8) is 0 Å². The molecular weight excluding hydrogens is 259 g/mol. The Morgan fingerprint density at radius 2 is 1.82 bits per heavy atom. The molecule has 5 heteroatoms. The lowest BCUT2D eigenvalue weighted by Crippen LogP contribution is -2.31. The fourth-order valence-corrected chi connectivity index (χ4v) is 2.26. The molecule has 0 radical (unpaired) electrons. The zero-order chi connectivity index (χ0) is 12.3. The van der Waals surface area contributed by atoms with Crippen molar-refractivity contribution in [3.8, 4) is 0 Å². The molecule has 3 nitrogen and oxygen atoms in total. The minimum Gasteiger partial charge on any atom is -0.339 e. The first-order valence-electron chi connectivity index (χ1n) is 5.79. The first-order chi connectivity index (χ1) is 8.18. The predicted octanol–water partition coefficient (Wildman–Crippen LogP) is 3.40. The van der Waals surface area contributed by atoms with Gasteiger partial charge in [-0.1, -0.05) is 36.0 Å². The molecular formula is C12H14Cl2N2O. The molecule has 1 aromatic rings. The zero-order valence-corrected chi connectivity index (χ0v) is 11.0. The third kappa shape index (κ3) is 3.11. The van der Waals surface area contributed by atoms with Gasteiger partial charge in [0.25, 0.3) is 5.91 Å². The molecule has 0 saturated carbocycles. The lowest BCUT2D eigenvalue weighted by atomic mass is 10.2. The maximum absolute atomic E-state index is 12.2. The number of pyridine rings is 1. The maximum Gasteiger partial charge on any atom is 0.255 e. The smallest absolute Gasteiger partial charge is 0.255 e. The molecule has 1 aliphatic heterocycles. The van der Waals surface area contributed by atoms with E-state index in [-0.39, 0.29) is 11.1 Å². The summed E-state index contributed by atoms with van der Waals surface area (Å²) in [6, 6.07) is 1.59. The van der Waals surface area contributed by atoms with E-state index in [4.69, 9.17) is 23.2 Å². The van der Waals surface area contributed by atoms with Crippen LogP contribution in [0.15, 0.2) is 12.3 Å². The number of likely N-dealkylation sites (tertiary alicyclic amines) is 1. The molecule has 0 unspecified atom stereocenters. The number of hydrogen-bond acceptors (Lipinski definition) is 2. The molecule has 1 aliphatic rings. The number of amides is 1. The Balaban J connectivity index is 2.14. The van der Waals surface area contributed by atoms with Gasteiger partial charge in [0.2, 0.25) is 0 Å². The number of carbonyl (C=O) groups is 1. The van der Waals surface area contributed by atoms with Crippen molar-refractivity contribution in [1.29, 1.82) is 0 Å². The van der Waals surface area contributed by atoms with Crippen LogP contribution < -0.4 is 0 Å². The molecule has 2 rings (SSSR count). The van der Waals surface area contributed by atoms with Crippen LogP contribution in [0, 0.1) is 0 Å². The third-order valence-electron chi connectivity index (χ3n) is 2.94. The zero-order valence-electron chi connectivity index (χ0n) is 9.46. The lowest BCUT2D eigenvalue weighted by molar-refractivity contribution is 0.0761. The van der Waals surface area contributed by atoms with Crippen molar-refractivity contribution >= 4 is 29.1 Å². The van der Waals surface area contributed by atoms with Gasteiger partial charge in [-0.15, -0.1) is 0 Å². The highest BCUT2D eigenvalue weighted by Gasteiger charge is 2.18. The van der Waals surface area contributed by atoms with Crippen LogP contribution in [0.3, 0.4) is 0 Å². The Bertz CT molecular complexity index is 415. The SMILES string of the molecule is O=C(c1cnc(Cl)c(Cl)c1)N1CCCCCC1. The Morgan fingerprint density at radius 3 is 2.41 bits per heavy atom. The largest absolute Gasteiger partial charge is 0.339 e. The molecule has 92 valence electrons. The van der Waals surface area contributed by atoms with Crippen molar-refractivity contribution in [2.75, 3.05) is 13.1 Å².